The topological polar surface area (TPSA) is 47.6 Å². The minimum absolute atomic E-state index is 0.332. The lowest BCUT2D eigenvalue weighted by Gasteiger charge is -2.19. The molecule has 6 heteroatoms. The molecule has 2 aromatic carbocycles. The van der Waals surface area contributed by atoms with Crippen LogP contribution in [0.5, 0.6) is 11.5 Å². The monoisotopic (exact) mass is 381 g/mol. The minimum Gasteiger partial charge on any atom is -0.457 e. The highest BCUT2D eigenvalue weighted by molar-refractivity contribution is 9.10. The van der Waals surface area contributed by atoms with Crippen molar-refractivity contribution in [1.82, 2.24) is 0 Å². The zero-order chi connectivity index (χ0) is 17.0. The van der Waals surface area contributed by atoms with Crippen LogP contribution in [0.25, 0.3) is 0 Å². The summed E-state index contributed by atoms with van der Waals surface area (Å²) < 4.78 is 24.3. The number of ether oxygens (including phenoxy) is 2. The Kier molecular flexibility index (Phi) is 5.26. The molecular weight excluding hydrogens is 365 g/mol. The maximum atomic E-state index is 13.2. The van der Waals surface area contributed by atoms with E-state index in [9.17, 15) is 9.18 Å². The predicted molar refractivity (Wildman–Crippen MR) is 90.5 cm³/mol. The van der Waals surface area contributed by atoms with Crippen molar-refractivity contribution in [1.29, 1.82) is 0 Å². The molecule has 0 aliphatic carbocycles. The molecule has 1 N–H and O–H groups in total. The Labute approximate surface area is 142 Å². The summed E-state index contributed by atoms with van der Waals surface area (Å²) in [4.78, 5) is 11.7. The maximum absolute atomic E-state index is 13.2. The van der Waals surface area contributed by atoms with Gasteiger partial charge >= 0.3 is 6.09 Å². The second-order valence-electron chi connectivity index (χ2n) is 5.83. The van der Waals surface area contributed by atoms with Crippen LogP contribution >= 0.6 is 15.9 Å². The molecule has 0 atom stereocenters. The Bertz CT molecular complexity index is 696. The first-order chi connectivity index (χ1) is 10.7. The van der Waals surface area contributed by atoms with Crippen molar-refractivity contribution < 1.29 is 18.7 Å². The van der Waals surface area contributed by atoms with Crippen LogP contribution in [-0.2, 0) is 4.74 Å². The van der Waals surface area contributed by atoms with Gasteiger partial charge in [-0.1, -0.05) is 0 Å². The standard InChI is InChI=1S/C17H17BrFNO3/c1-17(2,3)23-16(21)20-11-4-6-12(7-5-11)22-13-8-9-15(19)14(18)10-13/h4-10H,1-3H3,(H,20,21). The third-order valence-corrected chi connectivity index (χ3v) is 3.23. The molecule has 0 aliphatic rings. The molecular formula is C17H17BrFNO3. The van der Waals surface area contributed by atoms with Crippen molar-refractivity contribution >= 4 is 27.7 Å². The summed E-state index contributed by atoms with van der Waals surface area (Å²) in [6.07, 6.45) is -0.520. The Hall–Kier alpha value is -2.08. The first-order valence-electron chi connectivity index (χ1n) is 6.96. The van der Waals surface area contributed by atoms with E-state index in [-0.39, 0.29) is 5.82 Å². The Morgan fingerprint density at radius 1 is 1.09 bits per heavy atom. The number of amides is 1. The SMILES string of the molecule is CC(C)(C)OC(=O)Nc1ccc(Oc2ccc(F)c(Br)c2)cc1. The summed E-state index contributed by atoms with van der Waals surface area (Å²) >= 11 is 3.11. The van der Waals surface area contributed by atoms with E-state index < -0.39 is 11.7 Å². The molecule has 0 heterocycles. The average Bonchev–Trinajstić information content (AvgIpc) is 2.43. The van der Waals surface area contributed by atoms with Crippen molar-refractivity contribution in [2.45, 2.75) is 26.4 Å². The lowest BCUT2D eigenvalue weighted by atomic mass is 10.2. The Morgan fingerprint density at radius 2 is 1.70 bits per heavy atom. The lowest BCUT2D eigenvalue weighted by Crippen LogP contribution is -2.27. The quantitative estimate of drug-likeness (QED) is 0.738. The van der Waals surface area contributed by atoms with Crippen molar-refractivity contribution in [3.63, 3.8) is 0 Å². The number of anilines is 1. The Morgan fingerprint density at radius 3 is 2.26 bits per heavy atom. The van der Waals surface area contributed by atoms with Crippen LogP contribution in [-0.4, -0.2) is 11.7 Å². The second kappa shape index (κ2) is 7.00. The predicted octanol–water partition coefficient (Wildman–Crippen LogP) is 5.73. The molecule has 2 aromatic rings. The fourth-order valence-corrected chi connectivity index (χ4v) is 2.06. The average molecular weight is 382 g/mol. The molecule has 4 nitrogen and oxygen atoms in total. The molecule has 0 saturated carbocycles. The normalized spacial score (nSPS) is 11.0. The summed E-state index contributed by atoms with van der Waals surface area (Å²) in [5.41, 5.74) is 0.0372. The number of carbonyl (C=O) groups is 1. The molecule has 0 radical (unpaired) electrons. The fourth-order valence-electron chi connectivity index (χ4n) is 1.70. The van der Waals surface area contributed by atoms with Gasteiger partial charge in [0.15, 0.2) is 0 Å². The maximum Gasteiger partial charge on any atom is 0.412 e. The highest BCUT2D eigenvalue weighted by atomic mass is 79.9. The van der Waals surface area contributed by atoms with Gasteiger partial charge in [-0.2, -0.15) is 0 Å². The largest absolute Gasteiger partial charge is 0.457 e. The Balaban J connectivity index is 1.99. The molecule has 0 aromatic heterocycles. The van der Waals surface area contributed by atoms with Gasteiger partial charge in [0.25, 0.3) is 0 Å². The van der Waals surface area contributed by atoms with Crippen molar-refractivity contribution in [2.24, 2.45) is 0 Å². The van der Waals surface area contributed by atoms with Crippen LogP contribution in [0.15, 0.2) is 46.9 Å². The molecule has 23 heavy (non-hydrogen) atoms. The molecule has 1 amide bonds. The van der Waals surface area contributed by atoms with Crippen molar-refractivity contribution in [3.05, 3.63) is 52.8 Å². The summed E-state index contributed by atoms with van der Waals surface area (Å²) in [6.45, 7) is 5.39. The third kappa shape index (κ3) is 5.56. The van der Waals surface area contributed by atoms with E-state index in [2.05, 4.69) is 21.2 Å². The van der Waals surface area contributed by atoms with Gasteiger partial charge in [0.05, 0.1) is 4.47 Å². The molecule has 0 aliphatic heterocycles. The summed E-state index contributed by atoms with van der Waals surface area (Å²) in [5, 5.41) is 2.63. The van der Waals surface area contributed by atoms with Crippen LogP contribution < -0.4 is 10.1 Å². The third-order valence-electron chi connectivity index (χ3n) is 2.63. The molecule has 122 valence electrons. The van der Waals surface area contributed by atoms with E-state index >= 15 is 0 Å². The van der Waals surface area contributed by atoms with E-state index in [4.69, 9.17) is 9.47 Å². The van der Waals surface area contributed by atoms with E-state index in [1.54, 1.807) is 51.1 Å². The zero-order valence-corrected chi connectivity index (χ0v) is 14.6. The fraction of sp³-hybridized carbons (Fsp3) is 0.235. The summed E-state index contributed by atoms with van der Waals surface area (Å²) in [7, 11) is 0. The second-order valence-corrected chi connectivity index (χ2v) is 6.68. The zero-order valence-electron chi connectivity index (χ0n) is 13.0. The number of benzene rings is 2. The minimum atomic E-state index is -0.552. The first kappa shape index (κ1) is 17.3. The number of hydrogen-bond donors (Lipinski definition) is 1. The van der Waals surface area contributed by atoms with Crippen LogP contribution in [0.3, 0.4) is 0 Å². The van der Waals surface area contributed by atoms with Crippen LogP contribution in [0, 0.1) is 5.82 Å². The van der Waals surface area contributed by atoms with Gasteiger partial charge < -0.3 is 9.47 Å². The first-order valence-corrected chi connectivity index (χ1v) is 7.75. The highest BCUT2D eigenvalue weighted by Gasteiger charge is 2.16. The van der Waals surface area contributed by atoms with Crippen LogP contribution in [0.2, 0.25) is 0 Å². The van der Waals surface area contributed by atoms with Gasteiger partial charge in [-0.15, -0.1) is 0 Å². The van der Waals surface area contributed by atoms with Gasteiger partial charge in [0.1, 0.15) is 22.9 Å². The molecule has 0 spiro atoms. The summed E-state index contributed by atoms with van der Waals surface area (Å²) in [5.74, 6) is 0.721. The van der Waals surface area contributed by atoms with Gasteiger partial charge in [0, 0.05) is 5.69 Å². The molecule has 0 bridgehead atoms. The highest BCUT2D eigenvalue weighted by Crippen LogP contribution is 2.27. The smallest absolute Gasteiger partial charge is 0.412 e. The summed E-state index contributed by atoms with van der Waals surface area (Å²) in [6, 6.07) is 11.2. The van der Waals surface area contributed by atoms with Gasteiger partial charge in [-0.3, -0.25) is 5.32 Å². The number of hydrogen-bond acceptors (Lipinski definition) is 3. The van der Waals surface area contributed by atoms with Gasteiger partial charge in [0.2, 0.25) is 0 Å². The van der Waals surface area contributed by atoms with Gasteiger partial charge in [-0.05, 0) is 79.2 Å². The van der Waals surface area contributed by atoms with Crippen LogP contribution in [0.1, 0.15) is 20.8 Å². The molecule has 0 saturated heterocycles. The van der Waals surface area contributed by atoms with E-state index in [0.717, 1.165) is 0 Å². The van der Waals surface area contributed by atoms with Crippen molar-refractivity contribution in [3.8, 4) is 11.5 Å². The lowest BCUT2D eigenvalue weighted by molar-refractivity contribution is 0.0636. The molecule has 0 unspecified atom stereocenters. The van der Waals surface area contributed by atoms with E-state index in [0.29, 0.717) is 21.7 Å². The van der Waals surface area contributed by atoms with E-state index in [1.165, 1.54) is 12.1 Å². The number of halogens is 2. The molecule has 2 rings (SSSR count). The van der Waals surface area contributed by atoms with Gasteiger partial charge in [-0.25, -0.2) is 9.18 Å². The number of rotatable bonds is 3. The van der Waals surface area contributed by atoms with E-state index in [1.807, 2.05) is 0 Å². The number of carbonyl (C=O) groups excluding carboxylic acids is 1. The number of nitrogens with one attached hydrogen (secondary N) is 1. The van der Waals surface area contributed by atoms with Crippen LogP contribution in [0.4, 0.5) is 14.9 Å². The molecule has 0 fully saturated rings. The van der Waals surface area contributed by atoms with Crippen molar-refractivity contribution in [2.75, 3.05) is 5.32 Å².